The van der Waals surface area contributed by atoms with E-state index in [0.29, 0.717) is 6.42 Å². The van der Waals surface area contributed by atoms with E-state index in [1.807, 2.05) is 17.5 Å². The van der Waals surface area contributed by atoms with Gasteiger partial charge in [0.2, 0.25) is 0 Å². The van der Waals surface area contributed by atoms with Crippen molar-refractivity contribution in [3.05, 3.63) is 22.4 Å². The molecule has 1 aromatic rings. The number of thiophene rings is 1. The van der Waals surface area contributed by atoms with E-state index in [0.717, 1.165) is 4.88 Å². The molecular formula is C15H22N2O4S. The molecule has 0 saturated heterocycles. The van der Waals surface area contributed by atoms with Gasteiger partial charge in [0, 0.05) is 10.4 Å². The number of ether oxygens (including phenoxy) is 1. The van der Waals surface area contributed by atoms with Crippen LogP contribution in [0.15, 0.2) is 17.5 Å². The first-order valence-corrected chi connectivity index (χ1v) is 7.90. The smallest absolute Gasteiger partial charge is 0.321 e. The fourth-order valence-corrected chi connectivity index (χ4v) is 2.28. The molecular weight excluding hydrogens is 304 g/mol. The van der Waals surface area contributed by atoms with Crippen LogP contribution in [-0.2, 0) is 20.7 Å². The van der Waals surface area contributed by atoms with Crippen LogP contribution in [0.5, 0.6) is 0 Å². The normalized spacial score (nSPS) is 12.4. The molecule has 1 heterocycles. The first kappa shape index (κ1) is 18.2. The third-order valence-electron chi connectivity index (χ3n) is 2.56. The lowest BCUT2D eigenvalue weighted by atomic mass is 10.1. The number of imide groups is 1. The summed E-state index contributed by atoms with van der Waals surface area (Å²) < 4.78 is 5.02. The van der Waals surface area contributed by atoms with Gasteiger partial charge < -0.3 is 10.1 Å². The zero-order valence-corrected chi connectivity index (χ0v) is 14.1. The Bertz CT molecular complexity index is 520. The van der Waals surface area contributed by atoms with Gasteiger partial charge in [-0.05, 0) is 45.6 Å². The Morgan fingerprint density at radius 3 is 2.55 bits per heavy atom. The van der Waals surface area contributed by atoms with Gasteiger partial charge in [0.1, 0.15) is 0 Å². The van der Waals surface area contributed by atoms with Crippen LogP contribution in [0.2, 0.25) is 0 Å². The summed E-state index contributed by atoms with van der Waals surface area (Å²) in [6.07, 6.45) is -0.233. The second-order valence-electron chi connectivity index (χ2n) is 5.90. The Morgan fingerprint density at radius 2 is 2.00 bits per heavy atom. The molecule has 0 aliphatic carbocycles. The molecule has 1 rings (SSSR count). The molecule has 1 atom stereocenters. The van der Waals surface area contributed by atoms with E-state index >= 15 is 0 Å². The largest absolute Gasteiger partial charge is 0.453 e. The Labute approximate surface area is 134 Å². The topological polar surface area (TPSA) is 84.5 Å². The molecule has 22 heavy (non-hydrogen) atoms. The monoisotopic (exact) mass is 326 g/mol. The molecule has 0 aliphatic rings. The Hall–Kier alpha value is -1.89. The Balaban J connectivity index is 2.33. The lowest BCUT2D eigenvalue weighted by molar-refractivity contribution is -0.154. The van der Waals surface area contributed by atoms with Crippen LogP contribution in [0.3, 0.4) is 0 Å². The summed E-state index contributed by atoms with van der Waals surface area (Å²) in [6.45, 7) is 6.82. The number of hydrogen-bond donors (Lipinski definition) is 2. The summed E-state index contributed by atoms with van der Waals surface area (Å²) in [4.78, 5) is 36.1. The van der Waals surface area contributed by atoms with E-state index in [-0.39, 0.29) is 6.42 Å². The maximum atomic E-state index is 11.8. The second kappa shape index (κ2) is 7.93. The Morgan fingerprint density at radius 1 is 1.32 bits per heavy atom. The number of carbonyl (C=O) groups excluding carboxylic acids is 3. The number of aryl methyl sites for hydroxylation is 1. The van der Waals surface area contributed by atoms with Gasteiger partial charge >= 0.3 is 12.0 Å². The molecule has 3 amide bonds. The molecule has 0 spiro atoms. The van der Waals surface area contributed by atoms with Crippen molar-refractivity contribution < 1.29 is 19.1 Å². The minimum absolute atomic E-state index is 0.201. The molecule has 0 unspecified atom stereocenters. The summed E-state index contributed by atoms with van der Waals surface area (Å²) in [5, 5.41) is 6.67. The first-order valence-electron chi connectivity index (χ1n) is 7.02. The number of amides is 3. The second-order valence-corrected chi connectivity index (χ2v) is 6.94. The molecule has 6 nitrogen and oxygen atoms in total. The van der Waals surface area contributed by atoms with E-state index in [1.54, 1.807) is 32.1 Å². The summed E-state index contributed by atoms with van der Waals surface area (Å²) in [5.41, 5.74) is -0.453. The molecule has 0 fully saturated rings. The molecule has 0 saturated carbocycles. The van der Waals surface area contributed by atoms with E-state index in [2.05, 4.69) is 10.6 Å². The number of rotatable bonds is 5. The highest BCUT2D eigenvalue weighted by atomic mass is 32.1. The van der Waals surface area contributed by atoms with Gasteiger partial charge in [-0.15, -0.1) is 11.3 Å². The van der Waals surface area contributed by atoms with Gasteiger partial charge in [-0.3, -0.25) is 14.9 Å². The predicted octanol–water partition coefficient (Wildman–Crippen LogP) is 2.24. The van der Waals surface area contributed by atoms with Gasteiger partial charge in [0.05, 0.1) is 6.42 Å². The van der Waals surface area contributed by atoms with E-state index in [4.69, 9.17) is 4.74 Å². The van der Waals surface area contributed by atoms with Gasteiger partial charge in [0.25, 0.3) is 5.91 Å². The molecule has 0 aliphatic heterocycles. The van der Waals surface area contributed by atoms with Crippen molar-refractivity contribution in [2.45, 2.75) is 52.2 Å². The number of hydrogen-bond acceptors (Lipinski definition) is 5. The van der Waals surface area contributed by atoms with E-state index in [1.165, 1.54) is 6.92 Å². The lowest BCUT2D eigenvalue weighted by Gasteiger charge is -2.21. The molecule has 7 heteroatoms. The molecule has 2 N–H and O–H groups in total. The highest BCUT2D eigenvalue weighted by Gasteiger charge is 2.21. The third-order valence-corrected chi connectivity index (χ3v) is 3.49. The van der Waals surface area contributed by atoms with Crippen LogP contribution in [0.1, 0.15) is 39.0 Å². The summed E-state index contributed by atoms with van der Waals surface area (Å²) in [6, 6.07) is 3.24. The fourth-order valence-electron chi connectivity index (χ4n) is 1.58. The van der Waals surface area contributed by atoms with Crippen LogP contribution >= 0.6 is 11.3 Å². The quantitative estimate of drug-likeness (QED) is 0.813. The van der Waals surface area contributed by atoms with Crippen molar-refractivity contribution >= 4 is 29.2 Å². The predicted molar refractivity (Wildman–Crippen MR) is 84.6 cm³/mol. The lowest BCUT2D eigenvalue weighted by Crippen LogP contribution is -2.50. The zero-order chi connectivity index (χ0) is 16.8. The average molecular weight is 326 g/mol. The molecule has 0 aromatic carbocycles. The maximum absolute atomic E-state index is 11.8. The maximum Gasteiger partial charge on any atom is 0.321 e. The van der Waals surface area contributed by atoms with Crippen molar-refractivity contribution in [2.75, 3.05) is 0 Å². The third kappa shape index (κ3) is 7.21. The van der Waals surface area contributed by atoms with Crippen LogP contribution in [-0.4, -0.2) is 29.6 Å². The van der Waals surface area contributed by atoms with Gasteiger partial charge in [-0.1, -0.05) is 6.07 Å². The van der Waals surface area contributed by atoms with Crippen molar-refractivity contribution in [2.24, 2.45) is 0 Å². The fraction of sp³-hybridized carbons (Fsp3) is 0.533. The molecule has 122 valence electrons. The highest BCUT2D eigenvalue weighted by molar-refractivity contribution is 7.09. The van der Waals surface area contributed by atoms with Crippen LogP contribution in [0.4, 0.5) is 4.79 Å². The molecule has 1 aromatic heterocycles. The average Bonchev–Trinajstić information content (AvgIpc) is 2.86. The standard InChI is InChI=1S/C15H22N2O4S/c1-10(13(19)16-14(20)17-15(2,3)4)21-12(18)8-7-11-6-5-9-22-11/h5-6,9-10H,7-8H2,1-4H3,(H2,16,17,19,20)/t10-/m0/s1. The van der Waals surface area contributed by atoms with Crippen molar-refractivity contribution in [3.63, 3.8) is 0 Å². The van der Waals surface area contributed by atoms with Gasteiger partial charge in [-0.2, -0.15) is 0 Å². The molecule has 0 bridgehead atoms. The summed E-state index contributed by atoms with van der Waals surface area (Å²) >= 11 is 1.56. The minimum Gasteiger partial charge on any atom is -0.453 e. The van der Waals surface area contributed by atoms with E-state index < -0.39 is 29.6 Å². The van der Waals surface area contributed by atoms with Gasteiger partial charge in [0.15, 0.2) is 6.10 Å². The zero-order valence-electron chi connectivity index (χ0n) is 13.3. The first-order chi connectivity index (χ1) is 10.2. The van der Waals surface area contributed by atoms with E-state index in [9.17, 15) is 14.4 Å². The number of esters is 1. The van der Waals surface area contributed by atoms with Gasteiger partial charge in [-0.25, -0.2) is 4.79 Å². The highest BCUT2D eigenvalue weighted by Crippen LogP contribution is 2.11. The van der Waals surface area contributed by atoms with Crippen LogP contribution in [0.25, 0.3) is 0 Å². The number of urea groups is 1. The summed E-state index contributed by atoms with van der Waals surface area (Å²) in [5.74, 6) is -1.11. The Kier molecular flexibility index (Phi) is 6.55. The number of nitrogens with one attached hydrogen (secondary N) is 2. The van der Waals surface area contributed by atoms with Crippen LogP contribution < -0.4 is 10.6 Å². The van der Waals surface area contributed by atoms with Crippen LogP contribution in [0, 0.1) is 0 Å². The SMILES string of the molecule is C[C@H](OC(=O)CCc1cccs1)C(=O)NC(=O)NC(C)(C)C. The minimum atomic E-state index is -1.01. The molecule has 0 radical (unpaired) electrons. The summed E-state index contributed by atoms with van der Waals surface area (Å²) in [7, 11) is 0. The van der Waals surface area contributed by atoms with Crippen molar-refractivity contribution in [3.8, 4) is 0 Å². The van der Waals surface area contributed by atoms with Crippen molar-refractivity contribution in [1.82, 2.24) is 10.6 Å². The van der Waals surface area contributed by atoms with Crippen molar-refractivity contribution in [1.29, 1.82) is 0 Å². The number of carbonyl (C=O) groups is 3.